The van der Waals surface area contributed by atoms with E-state index in [1.54, 1.807) is 0 Å². The van der Waals surface area contributed by atoms with Crippen LogP contribution in [0.25, 0.3) is 0 Å². The Kier molecular flexibility index (Phi) is 4.94. The van der Waals surface area contributed by atoms with E-state index >= 15 is 0 Å². The molecule has 0 bridgehead atoms. The van der Waals surface area contributed by atoms with Gasteiger partial charge in [0.15, 0.2) is 0 Å². The molecular formula is C13H24N6O. The molecule has 0 unspecified atom stereocenters. The Morgan fingerprint density at radius 1 is 1.35 bits per heavy atom. The van der Waals surface area contributed by atoms with Crippen LogP contribution in [-0.4, -0.2) is 34.1 Å². The van der Waals surface area contributed by atoms with Crippen molar-refractivity contribution in [2.45, 2.75) is 46.1 Å². The summed E-state index contributed by atoms with van der Waals surface area (Å²) in [6.07, 6.45) is 3.50. The standard InChI is InChI=1S/C13H24N6O/c1-4-20-13-16-11(18-14)15-12(17-13)19(10-5-6-10)8-7-9(2)3/h9-10H,4-8,14H2,1-3H3,(H,15,16,17,18). The topological polar surface area (TPSA) is 89.2 Å². The van der Waals surface area contributed by atoms with Gasteiger partial charge in [0.25, 0.3) is 0 Å². The molecule has 7 nitrogen and oxygen atoms in total. The number of nitrogens with zero attached hydrogens (tertiary/aromatic N) is 4. The summed E-state index contributed by atoms with van der Waals surface area (Å²) in [4.78, 5) is 15.1. The van der Waals surface area contributed by atoms with E-state index in [1.807, 2.05) is 6.92 Å². The Morgan fingerprint density at radius 2 is 2.10 bits per heavy atom. The molecule has 2 rings (SSSR count). The van der Waals surface area contributed by atoms with Crippen LogP contribution >= 0.6 is 0 Å². The van der Waals surface area contributed by atoms with Crippen LogP contribution in [0, 0.1) is 5.92 Å². The Balaban J connectivity index is 2.19. The summed E-state index contributed by atoms with van der Waals surface area (Å²) in [6, 6.07) is 0.858. The third-order valence-electron chi connectivity index (χ3n) is 3.20. The SMILES string of the molecule is CCOc1nc(NN)nc(N(CCC(C)C)C2CC2)n1. The monoisotopic (exact) mass is 280 g/mol. The Hall–Kier alpha value is -1.63. The largest absolute Gasteiger partial charge is 0.464 e. The molecule has 0 aromatic carbocycles. The van der Waals surface area contributed by atoms with Gasteiger partial charge in [0.2, 0.25) is 11.9 Å². The maximum Gasteiger partial charge on any atom is 0.323 e. The molecule has 0 atom stereocenters. The Morgan fingerprint density at radius 3 is 2.65 bits per heavy atom. The maximum absolute atomic E-state index is 5.42. The van der Waals surface area contributed by atoms with Crippen molar-refractivity contribution in [1.29, 1.82) is 0 Å². The predicted octanol–water partition coefficient (Wildman–Crippen LogP) is 1.57. The van der Waals surface area contributed by atoms with Gasteiger partial charge in [-0.1, -0.05) is 13.8 Å². The predicted molar refractivity (Wildman–Crippen MR) is 78.6 cm³/mol. The number of hydrogen-bond donors (Lipinski definition) is 2. The van der Waals surface area contributed by atoms with E-state index in [1.165, 1.54) is 12.8 Å². The molecule has 1 aliphatic carbocycles. The molecule has 1 fully saturated rings. The summed E-state index contributed by atoms with van der Waals surface area (Å²) < 4.78 is 5.38. The lowest BCUT2D eigenvalue weighted by Crippen LogP contribution is -2.30. The fraction of sp³-hybridized carbons (Fsp3) is 0.769. The number of aromatic nitrogens is 3. The third-order valence-corrected chi connectivity index (χ3v) is 3.20. The zero-order valence-electron chi connectivity index (χ0n) is 12.5. The van der Waals surface area contributed by atoms with Gasteiger partial charge in [-0.2, -0.15) is 15.0 Å². The number of nitrogens with one attached hydrogen (secondary N) is 1. The number of hydrogen-bond acceptors (Lipinski definition) is 7. The van der Waals surface area contributed by atoms with Crippen LogP contribution in [0.15, 0.2) is 0 Å². The first kappa shape index (κ1) is 14.8. The van der Waals surface area contributed by atoms with Crippen molar-refractivity contribution in [3.8, 4) is 6.01 Å². The molecule has 0 aliphatic heterocycles. The number of nitrogen functional groups attached to an aromatic ring is 1. The minimum Gasteiger partial charge on any atom is -0.464 e. The third kappa shape index (κ3) is 3.93. The first-order valence-corrected chi connectivity index (χ1v) is 7.26. The molecule has 0 radical (unpaired) electrons. The van der Waals surface area contributed by atoms with Crippen molar-refractivity contribution >= 4 is 11.9 Å². The first-order chi connectivity index (χ1) is 9.63. The van der Waals surface area contributed by atoms with Gasteiger partial charge in [-0.05, 0) is 32.1 Å². The number of anilines is 2. The maximum atomic E-state index is 5.42. The first-order valence-electron chi connectivity index (χ1n) is 7.26. The Labute approximate surface area is 119 Å². The lowest BCUT2D eigenvalue weighted by molar-refractivity contribution is 0.312. The van der Waals surface area contributed by atoms with Crippen LogP contribution in [0.4, 0.5) is 11.9 Å². The van der Waals surface area contributed by atoms with E-state index in [9.17, 15) is 0 Å². The van der Waals surface area contributed by atoms with Crippen LogP contribution in [0.1, 0.15) is 40.0 Å². The van der Waals surface area contributed by atoms with Gasteiger partial charge in [0, 0.05) is 12.6 Å². The second kappa shape index (κ2) is 6.69. The second-order valence-electron chi connectivity index (χ2n) is 5.43. The fourth-order valence-corrected chi connectivity index (χ4v) is 1.96. The second-order valence-corrected chi connectivity index (χ2v) is 5.43. The van der Waals surface area contributed by atoms with Crippen molar-refractivity contribution in [3.05, 3.63) is 0 Å². The average molecular weight is 280 g/mol. The molecule has 3 N–H and O–H groups in total. The summed E-state index contributed by atoms with van der Waals surface area (Å²) >= 11 is 0. The summed E-state index contributed by atoms with van der Waals surface area (Å²) in [5, 5.41) is 0. The molecule has 1 heterocycles. The molecular weight excluding hydrogens is 256 g/mol. The van der Waals surface area contributed by atoms with E-state index in [0.717, 1.165) is 13.0 Å². The molecule has 7 heteroatoms. The van der Waals surface area contributed by atoms with Crippen molar-refractivity contribution in [2.24, 2.45) is 11.8 Å². The van der Waals surface area contributed by atoms with Crippen LogP contribution in [0.3, 0.4) is 0 Å². The summed E-state index contributed by atoms with van der Waals surface area (Å²) in [6.45, 7) is 7.80. The van der Waals surface area contributed by atoms with Crippen LogP contribution in [0.2, 0.25) is 0 Å². The number of rotatable bonds is 8. The Bertz CT molecular complexity index is 435. The highest BCUT2D eigenvalue weighted by Gasteiger charge is 2.31. The summed E-state index contributed by atoms with van der Waals surface area (Å²) in [5.74, 6) is 7.06. The van der Waals surface area contributed by atoms with Gasteiger partial charge >= 0.3 is 6.01 Å². The van der Waals surface area contributed by atoms with E-state index in [4.69, 9.17) is 10.6 Å². The summed E-state index contributed by atoms with van der Waals surface area (Å²) in [7, 11) is 0. The molecule has 0 amide bonds. The van der Waals surface area contributed by atoms with E-state index in [0.29, 0.717) is 36.5 Å². The minimum absolute atomic E-state index is 0.320. The van der Waals surface area contributed by atoms with Crippen molar-refractivity contribution in [1.82, 2.24) is 15.0 Å². The molecule has 0 spiro atoms. The number of ether oxygens (including phenoxy) is 1. The fourth-order valence-electron chi connectivity index (χ4n) is 1.96. The van der Waals surface area contributed by atoms with Crippen LogP contribution < -0.4 is 20.9 Å². The molecule has 1 saturated carbocycles. The average Bonchev–Trinajstić information content (AvgIpc) is 3.23. The zero-order valence-corrected chi connectivity index (χ0v) is 12.5. The quantitative estimate of drug-likeness (QED) is 0.552. The highest BCUT2D eigenvalue weighted by molar-refractivity contribution is 5.40. The smallest absolute Gasteiger partial charge is 0.323 e. The molecule has 0 saturated heterocycles. The lowest BCUT2D eigenvalue weighted by Gasteiger charge is -2.23. The van der Waals surface area contributed by atoms with Gasteiger partial charge in [-0.3, -0.25) is 5.43 Å². The molecule has 1 aliphatic rings. The summed E-state index contributed by atoms with van der Waals surface area (Å²) in [5.41, 5.74) is 2.48. The van der Waals surface area contributed by atoms with Gasteiger partial charge < -0.3 is 9.64 Å². The molecule has 20 heavy (non-hydrogen) atoms. The van der Waals surface area contributed by atoms with Gasteiger partial charge in [0.05, 0.1) is 6.61 Å². The molecule has 1 aromatic heterocycles. The van der Waals surface area contributed by atoms with Gasteiger partial charge in [0.1, 0.15) is 0 Å². The minimum atomic E-state index is 0.320. The van der Waals surface area contributed by atoms with Gasteiger partial charge in [-0.15, -0.1) is 0 Å². The van der Waals surface area contributed by atoms with E-state index < -0.39 is 0 Å². The molecule has 112 valence electrons. The van der Waals surface area contributed by atoms with Crippen LogP contribution in [-0.2, 0) is 0 Å². The van der Waals surface area contributed by atoms with Crippen molar-refractivity contribution < 1.29 is 4.74 Å². The van der Waals surface area contributed by atoms with Crippen molar-refractivity contribution in [3.63, 3.8) is 0 Å². The normalized spacial score (nSPS) is 14.4. The van der Waals surface area contributed by atoms with Crippen molar-refractivity contribution in [2.75, 3.05) is 23.5 Å². The van der Waals surface area contributed by atoms with Crippen LogP contribution in [0.5, 0.6) is 6.01 Å². The lowest BCUT2D eigenvalue weighted by atomic mass is 10.1. The zero-order chi connectivity index (χ0) is 14.5. The van der Waals surface area contributed by atoms with Gasteiger partial charge in [-0.25, -0.2) is 5.84 Å². The number of hydrazine groups is 1. The van der Waals surface area contributed by atoms with E-state index in [-0.39, 0.29) is 0 Å². The van der Waals surface area contributed by atoms with E-state index in [2.05, 4.69) is 39.1 Å². The molecule has 1 aromatic rings. The number of nitrogens with two attached hydrogens (primary N) is 1. The highest BCUT2D eigenvalue weighted by atomic mass is 16.5. The highest BCUT2D eigenvalue weighted by Crippen LogP contribution is 2.31.